The summed E-state index contributed by atoms with van der Waals surface area (Å²) >= 11 is 3.29. The fourth-order valence-electron chi connectivity index (χ4n) is 2.01. The molecule has 20 heavy (non-hydrogen) atoms. The lowest BCUT2D eigenvalue weighted by Crippen LogP contribution is -2.37. The molecule has 1 aliphatic carbocycles. The molecule has 1 aromatic rings. The molecular formula is C14H18BrFN2O2. The second kappa shape index (κ2) is 7.04. The maximum atomic E-state index is 13.2. The molecule has 6 heteroatoms. The Kier molecular flexibility index (Phi) is 5.37. The van der Waals surface area contributed by atoms with Gasteiger partial charge in [0.1, 0.15) is 5.82 Å². The average molecular weight is 345 g/mol. The number of carbonyl (C=O) groups is 1. The van der Waals surface area contributed by atoms with E-state index < -0.39 is 0 Å². The standard InChI is InChI=1S/C14H18BrFN2O2/c15-12-6-3-10(16)9-13(12)17-14(20)18(11-4-5-11)7-1-2-8-19/h3,6,9,11,19H,1-2,4-5,7-8H2,(H,17,20). The number of carbonyl (C=O) groups excluding carboxylic acids is 1. The number of halogens is 2. The van der Waals surface area contributed by atoms with Crippen molar-refractivity contribution in [2.24, 2.45) is 0 Å². The van der Waals surface area contributed by atoms with Crippen molar-refractivity contribution in [2.45, 2.75) is 31.7 Å². The number of hydrogen-bond donors (Lipinski definition) is 2. The van der Waals surface area contributed by atoms with Crippen LogP contribution in [0.15, 0.2) is 22.7 Å². The van der Waals surface area contributed by atoms with Crippen molar-refractivity contribution in [2.75, 3.05) is 18.5 Å². The van der Waals surface area contributed by atoms with Crippen LogP contribution in [0.4, 0.5) is 14.9 Å². The Morgan fingerprint density at radius 1 is 1.45 bits per heavy atom. The number of nitrogens with zero attached hydrogens (tertiary/aromatic N) is 1. The molecule has 0 saturated heterocycles. The van der Waals surface area contributed by atoms with Gasteiger partial charge in [0.15, 0.2) is 0 Å². The number of urea groups is 1. The van der Waals surface area contributed by atoms with E-state index in [1.54, 1.807) is 11.0 Å². The van der Waals surface area contributed by atoms with Crippen molar-refractivity contribution in [3.63, 3.8) is 0 Å². The van der Waals surface area contributed by atoms with E-state index in [4.69, 9.17) is 5.11 Å². The highest BCUT2D eigenvalue weighted by atomic mass is 79.9. The third kappa shape index (κ3) is 4.18. The molecule has 0 spiro atoms. The molecular weight excluding hydrogens is 327 g/mol. The number of unbranched alkanes of at least 4 members (excludes halogenated alkanes) is 1. The molecule has 4 nitrogen and oxygen atoms in total. The van der Waals surface area contributed by atoms with E-state index in [2.05, 4.69) is 21.2 Å². The highest BCUT2D eigenvalue weighted by Crippen LogP contribution is 2.29. The molecule has 2 amide bonds. The first-order valence-electron chi connectivity index (χ1n) is 6.75. The molecule has 0 aliphatic heterocycles. The van der Waals surface area contributed by atoms with E-state index in [0.29, 0.717) is 23.1 Å². The topological polar surface area (TPSA) is 52.6 Å². The maximum Gasteiger partial charge on any atom is 0.322 e. The first kappa shape index (κ1) is 15.3. The summed E-state index contributed by atoms with van der Waals surface area (Å²) < 4.78 is 13.9. The predicted molar refractivity (Wildman–Crippen MR) is 79.2 cm³/mol. The summed E-state index contributed by atoms with van der Waals surface area (Å²) in [7, 11) is 0. The number of aliphatic hydroxyl groups excluding tert-OH is 1. The van der Waals surface area contributed by atoms with Crippen LogP contribution in [0.3, 0.4) is 0 Å². The van der Waals surface area contributed by atoms with Crippen LogP contribution in [0, 0.1) is 5.82 Å². The third-order valence-corrected chi connectivity index (χ3v) is 3.92. The lowest BCUT2D eigenvalue weighted by atomic mass is 10.3. The molecule has 0 atom stereocenters. The van der Waals surface area contributed by atoms with Gasteiger partial charge in [-0.2, -0.15) is 0 Å². The van der Waals surface area contributed by atoms with Crippen LogP contribution in [-0.4, -0.2) is 35.2 Å². The fraction of sp³-hybridized carbons (Fsp3) is 0.500. The molecule has 0 unspecified atom stereocenters. The molecule has 1 fully saturated rings. The molecule has 1 aliphatic rings. The summed E-state index contributed by atoms with van der Waals surface area (Å²) in [6.07, 6.45) is 3.47. The molecule has 1 aromatic carbocycles. The molecule has 0 bridgehead atoms. The van der Waals surface area contributed by atoms with E-state index in [9.17, 15) is 9.18 Å². The number of hydrogen-bond acceptors (Lipinski definition) is 2. The molecule has 0 heterocycles. The first-order chi connectivity index (χ1) is 9.61. The Labute approximate surface area is 126 Å². The molecule has 2 N–H and O–H groups in total. The number of anilines is 1. The van der Waals surface area contributed by atoms with Crippen molar-refractivity contribution in [3.8, 4) is 0 Å². The average Bonchev–Trinajstić information content (AvgIpc) is 3.23. The normalized spacial score (nSPS) is 14.2. The fourth-order valence-corrected chi connectivity index (χ4v) is 2.36. The van der Waals surface area contributed by atoms with Crippen molar-refractivity contribution >= 4 is 27.6 Å². The Bertz CT molecular complexity index is 480. The van der Waals surface area contributed by atoms with Crippen LogP contribution < -0.4 is 5.32 Å². The number of aliphatic hydroxyl groups is 1. The van der Waals surface area contributed by atoms with Crippen LogP contribution in [0.5, 0.6) is 0 Å². The van der Waals surface area contributed by atoms with Crippen LogP contribution in [-0.2, 0) is 0 Å². The smallest absolute Gasteiger partial charge is 0.322 e. The van der Waals surface area contributed by atoms with Gasteiger partial charge in [0.05, 0.1) is 5.69 Å². The summed E-state index contributed by atoms with van der Waals surface area (Å²) in [6.45, 7) is 0.750. The molecule has 0 radical (unpaired) electrons. The lowest BCUT2D eigenvalue weighted by Gasteiger charge is -2.23. The monoisotopic (exact) mass is 344 g/mol. The van der Waals surface area contributed by atoms with Gasteiger partial charge in [-0.25, -0.2) is 9.18 Å². The predicted octanol–water partition coefficient (Wildman–Crippen LogP) is 3.36. The summed E-state index contributed by atoms with van der Waals surface area (Å²) in [6, 6.07) is 4.26. The zero-order valence-electron chi connectivity index (χ0n) is 11.1. The third-order valence-electron chi connectivity index (χ3n) is 3.23. The van der Waals surface area contributed by atoms with Gasteiger partial charge in [-0.15, -0.1) is 0 Å². The van der Waals surface area contributed by atoms with Crippen LogP contribution >= 0.6 is 15.9 Å². The van der Waals surface area contributed by atoms with E-state index in [0.717, 1.165) is 19.3 Å². The molecule has 0 aromatic heterocycles. The van der Waals surface area contributed by atoms with Gasteiger partial charge in [0.25, 0.3) is 0 Å². The van der Waals surface area contributed by atoms with E-state index in [1.807, 2.05) is 0 Å². The SMILES string of the molecule is O=C(Nc1cc(F)ccc1Br)N(CCCCO)C1CC1. The van der Waals surface area contributed by atoms with Gasteiger partial charge in [0.2, 0.25) is 0 Å². The highest BCUT2D eigenvalue weighted by Gasteiger charge is 2.32. The van der Waals surface area contributed by atoms with E-state index in [-0.39, 0.29) is 24.5 Å². The summed E-state index contributed by atoms with van der Waals surface area (Å²) in [4.78, 5) is 14.0. The minimum absolute atomic E-state index is 0.134. The van der Waals surface area contributed by atoms with Gasteiger partial charge < -0.3 is 15.3 Å². The van der Waals surface area contributed by atoms with Gasteiger partial charge >= 0.3 is 6.03 Å². The Morgan fingerprint density at radius 2 is 2.20 bits per heavy atom. The second-order valence-electron chi connectivity index (χ2n) is 4.91. The van der Waals surface area contributed by atoms with Gasteiger partial charge in [-0.05, 0) is 59.8 Å². The van der Waals surface area contributed by atoms with Crippen molar-refractivity contribution in [3.05, 3.63) is 28.5 Å². The number of nitrogens with one attached hydrogen (secondary N) is 1. The Hall–Kier alpha value is -1.14. The van der Waals surface area contributed by atoms with Gasteiger partial charge in [-0.3, -0.25) is 0 Å². The second-order valence-corrected chi connectivity index (χ2v) is 5.76. The Balaban J connectivity index is 1.98. The van der Waals surface area contributed by atoms with Crippen molar-refractivity contribution in [1.29, 1.82) is 0 Å². The summed E-state index contributed by atoms with van der Waals surface area (Å²) in [5.41, 5.74) is 0.433. The Morgan fingerprint density at radius 3 is 2.85 bits per heavy atom. The lowest BCUT2D eigenvalue weighted by molar-refractivity contribution is 0.204. The zero-order valence-corrected chi connectivity index (χ0v) is 12.7. The largest absolute Gasteiger partial charge is 0.396 e. The van der Waals surface area contributed by atoms with Gasteiger partial charge in [0, 0.05) is 23.7 Å². The van der Waals surface area contributed by atoms with Crippen molar-refractivity contribution in [1.82, 2.24) is 4.90 Å². The summed E-state index contributed by atoms with van der Waals surface area (Å²) in [5, 5.41) is 11.5. The number of amides is 2. The first-order valence-corrected chi connectivity index (χ1v) is 7.54. The minimum atomic E-state index is -0.387. The maximum absolute atomic E-state index is 13.2. The van der Waals surface area contributed by atoms with Crippen molar-refractivity contribution < 1.29 is 14.3 Å². The summed E-state index contributed by atoms with van der Waals surface area (Å²) in [5.74, 6) is -0.387. The molecule has 2 rings (SSSR count). The molecule has 110 valence electrons. The van der Waals surface area contributed by atoms with E-state index >= 15 is 0 Å². The van der Waals surface area contributed by atoms with Gasteiger partial charge in [-0.1, -0.05) is 0 Å². The quantitative estimate of drug-likeness (QED) is 0.777. The molecule has 1 saturated carbocycles. The highest BCUT2D eigenvalue weighted by molar-refractivity contribution is 9.10. The number of benzene rings is 1. The number of rotatable bonds is 6. The minimum Gasteiger partial charge on any atom is -0.396 e. The zero-order chi connectivity index (χ0) is 14.5. The van der Waals surface area contributed by atoms with Crippen LogP contribution in [0.2, 0.25) is 0 Å². The van der Waals surface area contributed by atoms with E-state index in [1.165, 1.54) is 12.1 Å². The van der Waals surface area contributed by atoms with Crippen LogP contribution in [0.25, 0.3) is 0 Å². The van der Waals surface area contributed by atoms with Crippen LogP contribution in [0.1, 0.15) is 25.7 Å².